The van der Waals surface area contributed by atoms with Crippen LogP contribution in [0.5, 0.6) is 0 Å². The number of nitrogens with zero attached hydrogens (tertiary/aromatic N) is 1. The van der Waals surface area contributed by atoms with Crippen molar-refractivity contribution in [3.05, 3.63) is 23.1 Å². The highest BCUT2D eigenvalue weighted by Gasteiger charge is 2.25. The van der Waals surface area contributed by atoms with E-state index < -0.39 is 0 Å². The molecule has 0 saturated carbocycles. The maximum absolute atomic E-state index is 12.0. The molecule has 1 saturated heterocycles. The minimum atomic E-state index is -0.296. The number of amides is 2. The molecular weight excluding hydrogens is 284 g/mol. The predicted molar refractivity (Wildman–Crippen MR) is 72.8 cm³/mol. The number of carbonyl (C=O) groups excluding carboxylic acids is 2. The van der Waals surface area contributed by atoms with E-state index in [2.05, 4.69) is 5.32 Å². The van der Waals surface area contributed by atoms with Gasteiger partial charge in [0.25, 0.3) is 5.91 Å². The minimum absolute atomic E-state index is 0.0270. The van der Waals surface area contributed by atoms with E-state index in [-0.39, 0.29) is 23.3 Å². The van der Waals surface area contributed by atoms with E-state index >= 15 is 0 Å². The van der Waals surface area contributed by atoms with Crippen molar-refractivity contribution in [3.8, 4) is 0 Å². The van der Waals surface area contributed by atoms with E-state index in [1.165, 1.54) is 12.3 Å². The quantitative estimate of drug-likeness (QED) is 0.929. The van der Waals surface area contributed by atoms with Crippen molar-refractivity contribution in [2.75, 3.05) is 19.7 Å². The molecule has 2 amide bonds. The van der Waals surface area contributed by atoms with Gasteiger partial charge in [0.05, 0.1) is 18.4 Å². The van der Waals surface area contributed by atoms with Crippen LogP contribution in [0.25, 0.3) is 0 Å². The van der Waals surface area contributed by atoms with E-state index in [1.54, 1.807) is 11.8 Å². The summed E-state index contributed by atoms with van der Waals surface area (Å²) in [6, 6.07) is 1.56. The molecule has 0 bridgehead atoms. The number of nitrogens with one attached hydrogen (secondary N) is 1. The van der Waals surface area contributed by atoms with Gasteiger partial charge in [-0.1, -0.05) is 0 Å². The number of likely N-dealkylation sites (tertiary alicyclic amines) is 1. The number of piperidine rings is 1. The zero-order valence-corrected chi connectivity index (χ0v) is 12.0. The smallest absolute Gasteiger partial charge is 0.409 e. The van der Waals surface area contributed by atoms with Crippen LogP contribution >= 0.6 is 11.6 Å². The number of carbonyl (C=O) groups is 2. The number of furan rings is 1. The van der Waals surface area contributed by atoms with Gasteiger partial charge in [-0.3, -0.25) is 4.79 Å². The molecule has 0 atom stereocenters. The van der Waals surface area contributed by atoms with Gasteiger partial charge in [0.15, 0.2) is 0 Å². The topological polar surface area (TPSA) is 71.8 Å². The van der Waals surface area contributed by atoms with Crippen LogP contribution in [0.15, 0.2) is 16.7 Å². The summed E-state index contributed by atoms with van der Waals surface area (Å²) in [4.78, 5) is 25.1. The van der Waals surface area contributed by atoms with Gasteiger partial charge < -0.3 is 19.4 Å². The normalized spacial score (nSPS) is 16.0. The third-order valence-electron chi connectivity index (χ3n) is 3.22. The molecule has 1 aliphatic rings. The Morgan fingerprint density at radius 3 is 2.75 bits per heavy atom. The summed E-state index contributed by atoms with van der Waals surface area (Å²) in [7, 11) is 0. The summed E-state index contributed by atoms with van der Waals surface area (Å²) in [5.74, 6) is -0.252. The maximum atomic E-state index is 12.0. The first-order chi connectivity index (χ1) is 9.61. The maximum Gasteiger partial charge on any atom is 0.409 e. The summed E-state index contributed by atoms with van der Waals surface area (Å²) in [6.07, 6.45) is 2.47. The van der Waals surface area contributed by atoms with E-state index in [1.807, 2.05) is 0 Å². The van der Waals surface area contributed by atoms with Crippen LogP contribution in [0, 0.1) is 0 Å². The van der Waals surface area contributed by atoms with E-state index in [4.69, 9.17) is 20.8 Å². The largest absolute Gasteiger partial charge is 0.452 e. The molecule has 2 heterocycles. The van der Waals surface area contributed by atoms with Crippen LogP contribution in [-0.4, -0.2) is 42.6 Å². The molecule has 1 fully saturated rings. The second-order valence-corrected chi connectivity index (χ2v) is 4.88. The number of hydrogen-bond donors (Lipinski definition) is 1. The number of ether oxygens (including phenoxy) is 1. The minimum Gasteiger partial charge on any atom is -0.452 e. The highest BCUT2D eigenvalue weighted by Crippen LogP contribution is 2.18. The highest BCUT2D eigenvalue weighted by molar-refractivity contribution is 6.32. The van der Waals surface area contributed by atoms with Crippen LogP contribution in [0.1, 0.15) is 30.1 Å². The molecule has 110 valence electrons. The molecule has 0 aliphatic carbocycles. The number of hydrogen-bond acceptors (Lipinski definition) is 4. The van der Waals surface area contributed by atoms with Gasteiger partial charge in [0, 0.05) is 19.1 Å². The molecule has 0 radical (unpaired) electrons. The molecule has 0 unspecified atom stereocenters. The van der Waals surface area contributed by atoms with Gasteiger partial charge in [-0.15, -0.1) is 0 Å². The fourth-order valence-corrected chi connectivity index (χ4v) is 2.34. The molecular formula is C13H17ClN2O4. The van der Waals surface area contributed by atoms with Crippen LogP contribution < -0.4 is 5.32 Å². The second kappa shape index (κ2) is 6.65. The van der Waals surface area contributed by atoms with Gasteiger partial charge in [-0.25, -0.2) is 4.79 Å². The van der Waals surface area contributed by atoms with Crippen molar-refractivity contribution >= 4 is 23.6 Å². The van der Waals surface area contributed by atoms with Crippen molar-refractivity contribution in [1.29, 1.82) is 0 Å². The third kappa shape index (κ3) is 3.45. The van der Waals surface area contributed by atoms with Crippen LogP contribution in [0.4, 0.5) is 4.79 Å². The van der Waals surface area contributed by atoms with Crippen molar-refractivity contribution in [2.45, 2.75) is 25.8 Å². The molecule has 1 aliphatic heterocycles. The predicted octanol–water partition coefficient (Wildman–Crippen LogP) is 2.28. The Hall–Kier alpha value is -1.69. The summed E-state index contributed by atoms with van der Waals surface area (Å²) in [5.41, 5.74) is 0.333. The Labute approximate surface area is 122 Å². The van der Waals surface area contributed by atoms with Gasteiger partial charge in [0.1, 0.15) is 0 Å². The molecule has 0 spiro atoms. The van der Waals surface area contributed by atoms with Gasteiger partial charge >= 0.3 is 6.09 Å². The summed E-state index contributed by atoms with van der Waals surface area (Å²) >= 11 is 5.75. The Kier molecular flexibility index (Phi) is 4.89. The SMILES string of the molecule is CCOC(=O)N1CCC(NC(=O)c2ccoc2Cl)CC1. The molecule has 20 heavy (non-hydrogen) atoms. The van der Waals surface area contributed by atoms with Gasteiger partial charge in [-0.2, -0.15) is 0 Å². The lowest BCUT2D eigenvalue weighted by atomic mass is 10.1. The Morgan fingerprint density at radius 2 is 2.20 bits per heavy atom. The standard InChI is InChI=1S/C13H17ClN2O4/c1-2-19-13(18)16-6-3-9(4-7-16)15-12(17)10-5-8-20-11(10)14/h5,8-9H,2-4,6-7H2,1H3,(H,15,17). The van der Waals surface area contributed by atoms with Crippen molar-refractivity contribution in [1.82, 2.24) is 10.2 Å². The monoisotopic (exact) mass is 300 g/mol. The lowest BCUT2D eigenvalue weighted by Crippen LogP contribution is -2.46. The summed E-state index contributed by atoms with van der Waals surface area (Å²) < 4.78 is 9.83. The molecule has 2 rings (SSSR count). The zero-order chi connectivity index (χ0) is 14.5. The Balaban J connectivity index is 1.81. The van der Waals surface area contributed by atoms with Gasteiger partial charge in [-0.05, 0) is 37.4 Å². The van der Waals surface area contributed by atoms with E-state index in [0.717, 1.165) is 0 Å². The number of halogens is 1. The van der Waals surface area contributed by atoms with Crippen LogP contribution in [0.3, 0.4) is 0 Å². The zero-order valence-electron chi connectivity index (χ0n) is 11.2. The number of rotatable bonds is 3. The average molecular weight is 301 g/mol. The second-order valence-electron chi connectivity index (χ2n) is 4.54. The van der Waals surface area contributed by atoms with Crippen molar-refractivity contribution in [2.24, 2.45) is 0 Å². The van der Waals surface area contributed by atoms with Crippen molar-refractivity contribution in [3.63, 3.8) is 0 Å². The van der Waals surface area contributed by atoms with Crippen LogP contribution in [0.2, 0.25) is 5.22 Å². The first kappa shape index (κ1) is 14.7. The molecule has 7 heteroatoms. The van der Waals surface area contributed by atoms with Crippen molar-refractivity contribution < 1.29 is 18.7 Å². The fourth-order valence-electron chi connectivity index (χ4n) is 2.14. The lowest BCUT2D eigenvalue weighted by molar-refractivity contribution is 0.0860. The fraction of sp³-hybridized carbons (Fsp3) is 0.538. The third-order valence-corrected chi connectivity index (χ3v) is 3.51. The molecule has 1 aromatic rings. The Bertz CT molecular complexity index is 480. The van der Waals surface area contributed by atoms with Gasteiger partial charge in [0.2, 0.25) is 5.22 Å². The first-order valence-corrected chi connectivity index (χ1v) is 6.95. The first-order valence-electron chi connectivity index (χ1n) is 6.57. The highest BCUT2D eigenvalue weighted by atomic mass is 35.5. The molecule has 1 N–H and O–H groups in total. The average Bonchev–Trinajstić information content (AvgIpc) is 2.86. The Morgan fingerprint density at radius 1 is 1.50 bits per heavy atom. The van der Waals surface area contributed by atoms with Crippen LogP contribution in [-0.2, 0) is 4.74 Å². The van der Waals surface area contributed by atoms with E-state index in [9.17, 15) is 9.59 Å². The molecule has 6 nitrogen and oxygen atoms in total. The molecule has 1 aromatic heterocycles. The molecule has 0 aromatic carbocycles. The summed E-state index contributed by atoms with van der Waals surface area (Å²) in [5, 5.41) is 2.98. The lowest BCUT2D eigenvalue weighted by Gasteiger charge is -2.31. The van der Waals surface area contributed by atoms with E-state index in [0.29, 0.717) is 38.1 Å². The summed E-state index contributed by atoms with van der Waals surface area (Å²) in [6.45, 7) is 3.29.